The van der Waals surface area contributed by atoms with E-state index in [0.29, 0.717) is 18.7 Å². The number of carbonyl (C=O) groups excluding carboxylic acids is 2. The fourth-order valence-corrected chi connectivity index (χ4v) is 3.34. The van der Waals surface area contributed by atoms with Gasteiger partial charge in [-0.2, -0.15) is 5.26 Å². The van der Waals surface area contributed by atoms with Gasteiger partial charge < -0.3 is 20.9 Å². The van der Waals surface area contributed by atoms with Crippen molar-refractivity contribution in [2.45, 2.75) is 25.3 Å². The Morgan fingerprint density at radius 2 is 2.00 bits per heavy atom. The molecule has 2 aliphatic rings. The molecule has 8 heteroatoms. The summed E-state index contributed by atoms with van der Waals surface area (Å²) in [7, 11) is 0. The van der Waals surface area contributed by atoms with Gasteiger partial charge in [-0.3, -0.25) is 9.59 Å². The van der Waals surface area contributed by atoms with Gasteiger partial charge in [0.15, 0.2) is 6.19 Å². The van der Waals surface area contributed by atoms with Crippen molar-refractivity contribution in [2.75, 3.05) is 31.1 Å². The number of pyridine rings is 1. The first kappa shape index (κ1) is 17.0. The summed E-state index contributed by atoms with van der Waals surface area (Å²) in [6, 6.07) is 3.59. The quantitative estimate of drug-likeness (QED) is 0.748. The van der Waals surface area contributed by atoms with E-state index >= 15 is 0 Å². The van der Waals surface area contributed by atoms with Crippen molar-refractivity contribution in [3.63, 3.8) is 0 Å². The molecule has 25 heavy (non-hydrogen) atoms. The molecule has 1 aromatic rings. The second kappa shape index (κ2) is 7.38. The highest BCUT2D eigenvalue weighted by Crippen LogP contribution is 2.21. The SMILES string of the molecule is N#CN1CCC(NC(=O)c2ccc(N3CCC(C(N)=O)CC3)nc2)C1. The van der Waals surface area contributed by atoms with Gasteiger partial charge >= 0.3 is 0 Å². The molecule has 8 nitrogen and oxygen atoms in total. The Kier molecular flexibility index (Phi) is 5.03. The van der Waals surface area contributed by atoms with E-state index in [9.17, 15) is 9.59 Å². The Bertz CT molecular complexity index is 675. The summed E-state index contributed by atoms with van der Waals surface area (Å²) in [6.07, 6.45) is 5.91. The zero-order valence-corrected chi connectivity index (χ0v) is 14.0. The zero-order valence-electron chi connectivity index (χ0n) is 14.0. The third kappa shape index (κ3) is 3.99. The first-order valence-electron chi connectivity index (χ1n) is 8.52. The van der Waals surface area contributed by atoms with Crippen LogP contribution in [0, 0.1) is 17.4 Å². The number of nitriles is 1. The number of rotatable bonds is 4. The average Bonchev–Trinajstić information content (AvgIpc) is 3.09. The van der Waals surface area contributed by atoms with Gasteiger partial charge in [-0.25, -0.2) is 4.98 Å². The lowest BCUT2D eigenvalue weighted by molar-refractivity contribution is -0.122. The van der Waals surface area contributed by atoms with Crippen LogP contribution in [0.5, 0.6) is 0 Å². The van der Waals surface area contributed by atoms with Gasteiger partial charge in [0.25, 0.3) is 5.91 Å². The van der Waals surface area contributed by atoms with E-state index in [1.165, 1.54) is 0 Å². The molecule has 1 unspecified atom stereocenters. The molecule has 1 atom stereocenters. The van der Waals surface area contributed by atoms with Gasteiger partial charge in [0.2, 0.25) is 5.91 Å². The van der Waals surface area contributed by atoms with Crippen LogP contribution >= 0.6 is 0 Å². The van der Waals surface area contributed by atoms with Crippen molar-refractivity contribution in [2.24, 2.45) is 11.7 Å². The summed E-state index contributed by atoms with van der Waals surface area (Å²) in [5, 5.41) is 11.8. The number of aromatic nitrogens is 1. The number of anilines is 1. The molecule has 2 saturated heterocycles. The van der Waals surface area contributed by atoms with Gasteiger partial charge in [0.1, 0.15) is 5.82 Å². The first-order valence-corrected chi connectivity index (χ1v) is 8.52. The van der Waals surface area contributed by atoms with Crippen LogP contribution in [-0.2, 0) is 4.79 Å². The number of piperidine rings is 1. The maximum Gasteiger partial charge on any atom is 0.253 e. The van der Waals surface area contributed by atoms with Crippen LogP contribution in [-0.4, -0.2) is 53.9 Å². The fourth-order valence-electron chi connectivity index (χ4n) is 3.34. The molecule has 3 rings (SSSR count). The number of nitrogens with one attached hydrogen (secondary N) is 1. The number of likely N-dealkylation sites (tertiary alicyclic amines) is 1. The number of hydrogen-bond donors (Lipinski definition) is 2. The van der Waals surface area contributed by atoms with Crippen LogP contribution in [0.1, 0.15) is 29.6 Å². The van der Waals surface area contributed by atoms with E-state index in [-0.39, 0.29) is 23.8 Å². The minimum atomic E-state index is -0.235. The van der Waals surface area contributed by atoms with Crippen LogP contribution in [0.25, 0.3) is 0 Å². The lowest BCUT2D eigenvalue weighted by atomic mass is 9.96. The third-order valence-electron chi connectivity index (χ3n) is 4.90. The van der Waals surface area contributed by atoms with E-state index in [4.69, 9.17) is 11.0 Å². The molecule has 0 saturated carbocycles. The zero-order chi connectivity index (χ0) is 17.8. The molecule has 3 heterocycles. The minimum absolute atomic E-state index is 0.000320. The number of hydrogen-bond acceptors (Lipinski definition) is 6. The standard InChI is InChI=1S/C17H22N6O2/c18-11-22-6-5-14(10-22)21-17(25)13-1-2-15(20-9-13)23-7-3-12(4-8-23)16(19)24/h1-2,9,12,14H,3-8,10H2,(H2,19,24)(H,21,25). The van der Waals surface area contributed by atoms with Crippen molar-refractivity contribution in [1.82, 2.24) is 15.2 Å². The Balaban J connectivity index is 1.55. The largest absolute Gasteiger partial charge is 0.369 e. The van der Waals surface area contributed by atoms with Crippen LogP contribution < -0.4 is 16.0 Å². The number of nitrogens with two attached hydrogens (primary N) is 1. The van der Waals surface area contributed by atoms with E-state index in [0.717, 1.165) is 38.2 Å². The predicted molar refractivity (Wildman–Crippen MR) is 91.4 cm³/mol. The van der Waals surface area contributed by atoms with Crippen LogP contribution in [0.15, 0.2) is 18.3 Å². The molecule has 0 spiro atoms. The molecule has 0 aromatic carbocycles. The average molecular weight is 342 g/mol. The number of carbonyl (C=O) groups is 2. The normalized spacial score (nSPS) is 21.0. The summed E-state index contributed by atoms with van der Waals surface area (Å²) >= 11 is 0. The maximum absolute atomic E-state index is 12.3. The highest BCUT2D eigenvalue weighted by molar-refractivity contribution is 5.94. The van der Waals surface area contributed by atoms with Gasteiger partial charge in [0, 0.05) is 44.3 Å². The predicted octanol–water partition coefficient (Wildman–Crippen LogP) is 0.0685. The van der Waals surface area contributed by atoms with Crippen molar-refractivity contribution < 1.29 is 9.59 Å². The Hall–Kier alpha value is -2.82. The lowest BCUT2D eigenvalue weighted by Crippen LogP contribution is -2.39. The van der Waals surface area contributed by atoms with E-state index in [1.54, 1.807) is 17.2 Å². The molecule has 3 N–H and O–H groups in total. The summed E-state index contributed by atoms with van der Waals surface area (Å²) in [4.78, 5) is 31.6. The van der Waals surface area contributed by atoms with Gasteiger partial charge in [-0.05, 0) is 31.4 Å². The number of nitrogens with zero attached hydrogens (tertiary/aromatic N) is 4. The summed E-state index contributed by atoms with van der Waals surface area (Å²) in [5.74, 6) is 0.342. The van der Waals surface area contributed by atoms with Gasteiger partial charge in [0.05, 0.1) is 5.56 Å². The number of primary amides is 1. The summed E-state index contributed by atoms with van der Waals surface area (Å²) in [6.45, 7) is 2.71. The Labute approximate surface area is 146 Å². The maximum atomic E-state index is 12.3. The van der Waals surface area contributed by atoms with Gasteiger partial charge in [-0.1, -0.05) is 0 Å². The molecule has 0 aliphatic carbocycles. The molecule has 1 aromatic heterocycles. The second-order valence-electron chi connectivity index (χ2n) is 6.57. The van der Waals surface area contributed by atoms with Crippen LogP contribution in [0.4, 0.5) is 5.82 Å². The number of amides is 2. The van der Waals surface area contributed by atoms with E-state index < -0.39 is 0 Å². The van der Waals surface area contributed by atoms with Crippen molar-refractivity contribution >= 4 is 17.6 Å². The van der Waals surface area contributed by atoms with Crippen molar-refractivity contribution in [3.05, 3.63) is 23.9 Å². The lowest BCUT2D eigenvalue weighted by Gasteiger charge is -2.31. The highest BCUT2D eigenvalue weighted by atomic mass is 16.2. The molecule has 0 radical (unpaired) electrons. The monoisotopic (exact) mass is 342 g/mol. The summed E-state index contributed by atoms with van der Waals surface area (Å²) < 4.78 is 0. The van der Waals surface area contributed by atoms with Crippen molar-refractivity contribution in [1.29, 1.82) is 5.26 Å². The molecule has 2 amide bonds. The van der Waals surface area contributed by atoms with Crippen LogP contribution in [0.2, 0.25) is 0 Å². The van der Waals surface area contributed by atoms with E-state index in [1.807, 2.05) is 6.07 Å². The first-order chi connectivity index (χ1) is 12.1. The fraction of sp³-hybridized carbons (Fsp3) is 0.529. The smallest absolute Gasteiger partial charge is 0.253 e. The Morgan fingerprint density at radius 3 is 2.56 bits per heavy atom. The van der Waals surface area contributed by atoms with Crippen LogP contribution in [0.3, 0.4) is 0 Å². The van der Waals surface area contributed by atoms with E-state index in [2.05, 4.69) is 21.4 Å². The summed E-state index contributed by atoms with van der Waals surface area (Å²) in [5.41, 5.74) is 5.86. The molecule has 0 bridgehead atoms. The molecular weight excluding hydrogens is 320 g/mol. The topological polar surface area (TPSA) is 115 Å². The highest BCUT2D eigenvalue weighted by Gasteiger charge is 2.25. The van der Waals surface area contributed by atoms with Gasteiger partial charge in [-0.15, -0.1) is 0 Å². The molecular formula is C17H22N6O2. The molecule has 2 aliphatic heterocycles. The minimum Gasteiger partial charge on any atom is -0.369 e. The second-order valence-corrected chi connectivity index (χ2v) is 6.57. The third-order valence-corrected chi connectivity index (χ3v) is 4.90. The molecule has 2 fully saturated rings. The van der Waals surface area contributed by atoms with Crippen molar-refractivity contribution in [3.8, 4) is 6.19 Å². The molecule has 132 valence electrons. The Morgan fingerprint density at radius 1 is 1.24 bits per heavy atom.